The molecule has 2 aromatic rings. The molecule has 7 nitrogen and oxygen atoms in total. The fraction of sp³-hybridized carbons (Fsp3) is 0.412. The number of nitrogens with zero attached hydrogens (tertiary/aromatic N) is 2. The summed E-state index contributed by atoms with van der Waals surface area (Å²) in [6, 6.07) is 6.87. The van der Waals surface area contributed by atoms with Crippen molar-refractivity contribution in [2.24, 2.45) is 13.0 Å². The zero-order valence-electron chi connectivity index (χ0n) is 14.2. The van der Waals surface area contributed by atoms with Crippen LogP contribution in [0, 0.1) is 5.92 Å². The Morgan fingerprint density at radius 3 is 2.76 bits per heavy atom. The van der Waals surface area contributed by atoms with Crippen LogP contribution in [0.1, 0.15) is 23.9 Å². The third kappa shape index (κ3) is 3.68. The normalized spacial score (nSPS) is 20.2. The predicted octanol–water partition coefficient (Wildman–Crippen LogP) is 1.07. The summed E-state index contributed by atoms with van der Waals surface area (Å²) in [5.41, 5.74) is 0.772. The van der Waals surface area contributed by atoms with Gasteiger partial charge in [0.2, 0.25) is 5.91 Å². The molecule has 1 aliphatic rings. The molecule has 25 heavy (non-hydrogen) atoms. The van der Waals surface area contributed by atoms with E-state index in [0.717, 1.165) is 5.56 Å². The summed E-state index contributed by atoms with van der Waals surface area (Å²) < 4.78 is 30.6. The van der Waals surface area contributed by atoms with Gasteiger partial charge in [-0.2, -0.15) is 0 Å². The Balaban J connectivity index is 1.93. The molecule has 0 aliphatic carbocycles. The van der Waals surface area contributed by atoms with E-state index < -0.39 is 21.8 Å². The van der Waals surface area contributed by atoms with Crippen LogP contribution >= 0.6 is 0 Å². The number of hydrogen-bond donors (Lipinski definition) is 1. The summed E-state index contributed by atoms with van der Waals surface area (Å²) in [5.74, 6) is 0.446. The second-order valence-corrected chi connectivity index (χ2v) is 8.41. The molecule has 1 saturated heterocycles. The highest BCUT2D eigenvalue weighted by Crippen LogP contribution is 2.30. The standard InChI is InChI=1S/C17H21N3O4S/c1-20-9-8-18-16(20)15(13-5-3-4-6-14(13)24-2)19-17(21)12-7-10-25(22,23)11-12/h3-6,8-9,12,15H,7,10-11H2,1-2H3,(H,19,21)/t12-,15+/m0/s1. The molecule has 0 bridgehead atoms. The number of sulfone groups is 1. The molecule has 2 atom stereocenters. The van der Waals surface area contributed by atoms with E-state index in [9.17, 15) is 13.2 Å². The van der Waals surface area contributed by atoms with Gasteiger partial charge in [-0.15, -0.1) is 0 Å². The first-order chi connectivity index (χ1) is 11.9. The summed E-state index contributed by atoms with van der Waals surface area (Å²) in [4.78, 5) is 17.0. The van der Waals surface area contributed by atoms with Gasteiger partial charge in [0.05, 0.1) is 24.5 Å². The third-order valence-corrected chi connectivity index (χ3v) is 6.22. The summed E-state index contributed by atoms with van der Waals surface area (Å²) >= 11 is 0. The van der Waals surface area contributed by atoms with Gasteiger partial charge in [0.15, 0.2) is 9.84 Å². The van der Waals surface area contributed by atoms with E-state index in [1.807, 2.05) is 35.9 Å². The number of nitrogens with one attached hydrogen (secondary N) is 1. The van der Waals surface area contributed by atoms with E-state index in [-0.39, 0.29) is 17.4 Å². The highest BCUT2D eigenvalue weighted by atomic mass is 32.2. The Morgan fingerprint density at radius 2 is 2.16 bits per heavy atom. The van der Waals surface area contributed by atoms with Gasteiger partial charge in [0.25, 0.3) is 0 Å². The van der Waals surface area contributed by atoms with Crippen LogP contribution in [-0.4, -0.2) is 42.5 Å². The molecule has 0 radical (unpaired) electrons. The summed E-state index contributed by atoms with van der Waals surface area (Å²) in [7, 11) is 0.291. The minimum Gasteiger partial charge on any atom is -0.496 e. The highest BCUT2D eigenvalue weighted by Gasteiger charge is 2.35. The van der Waals surface area contributed by atoms with Crippen molar-refractivity contribution in [2.45, 2.75) is 12.5 Å². The number of aryl methyl sites for hydroxylation is 1. The minimum absolute atomic E-state index is 0.0623. The Bertz CT molecular complexity index is 876. The molecule has 1 aliphatic heterocycles. The number of hydrogen-bond acceptors (Lipinski definition) is 5. The van der Waals surface area contributed by atoms with E-state index in [1.54, 1.807) is 19.5 Å². The fourth-order valence-corrected chi connectivity index (χ4v) is 4.84. The molecule has 0 unspecified atom stereocenters. The van der Waals surface area contributed by atoms with Crippen LogP contribution in [0.25, 0.3) is 0 Å². The topological polar surface area (TPSA) is 90.3 Å². The maximum absolute atomic E-state index is 12.7. The van der Waals surface area contributed by atoms with Crippen molar-refractivity contribution in [3.05, 3.63) is 48.0 Å². The lowest BCUT2D eigenvalue weighted by molar-refractivity contribution is -0.124. The lowest BCUT2D eigenvalue weighted by Crippen LogP contribution is -2.36. The zero-order chi connectivity index (χ0) is 18.0. The van der Waals surface area contributed by atoms with Crippen LogP contribution in [-0.2, 0) is 21.7 Å². The average Bonchev–Trinajstić information content (AvgIpc) is 3.17. The fourth-order valence-electron chi connectivity index (χ4n) is 3.10. The van der Waals surface area contributed by atoms with Crippen LogP contribution in [0.2, 0.25) is 0 Å². The Hall–Kier alpha value is -2.35. The first-order valence-corrected chi connectivity index (χ1v) is 9.84. The molecule has 134 valence electrons. The van der Waals surface area contributed by atoms with Crippen LogP contribution in [0.15, 0.2) is 36.7 Å². The van der Waals surface area contributed by atoms with Gasteiger partial charge in [-0.25, -0.2) is 13.4 Å². The van der Waals surface area contributed by atoms with Gasteiger partial charge in [-0.1, -0.05) is 18.2 Å². The molecule has 3 rings (SSSR count). The van der Waals surface area contributed by atoms with Gasteiger partial charge in [0, 0.05) is 25.0 Å². The summed E-state index contributed by atoms with van der Waals surface area (Å²) in [6.07, 6.45) is 3.81. The third-order valence-electron chi connectivity index (χ3n) is 4.46. The quantitative estimate of drug-likeness (QED) is 0.858. The number of carbonyl (C=O) groups is 1. The lowest BCUT2D eigenvalue weighted by Gasteiger charge is -2.22. The monoisotopic (exact) mass is 363 g/mol. The molecule has 0 spiro atoms. The number of benzene rings is 1. The van der Waals surface area contributed by atoms with Gasteiger partial charge < -0.3 is 14.6 Å². The molecule has 1 aromatic carbocycles. The van der Waals surface area contributed by atoms with Gasteiger partial charge in [0.1, 0.15) is 17.6 Å². The molecule has 0 saturated carbocycles. The average molecular weight is 363 g/mol. The predicted molar refractivity (Wildman–Crippen MR) is 92.9 cm³/mol. The SMILES string of the molecule is COc1ccccc1[C@@H](NC(=O)[C@H]1CCS(=O)(=O)C1)c1nccn1C. The van der Waals surface area contributed by atoms with Crippen LogP contribution in [0.5, 0.6) is 5.75 Å². The Morgan fingerprint density at radius 1 is 1.40 bits per heavy atom. The number of amides is 1. The van der Waals surface area contributed by atoms with Crippen LogP contribution < -0.4 is 10.1 Å². The van der Waals surface area contributed by atoms with Crippen molar-refractivity contribution in [3.63, 3.8) is 0 Å². The van der Waals surface area contributed by atoms with Crippen LogP contribution in [0.3, 0.4) is 0 Å². The number of carbonyl (C=O) groups excluding carboxylic acids is 1. The Labute approximate surface area is 146 Å². The van der Waals surface area contributed by atoms with Gasteiger partial charge in [-0.05, 0) is 12.5 Å². The van der Waals surface area contributed by atoms with Crippen LogP contribution in [0.4, 0.5) is 0 Å². The van der Waals surface area contributed by atoms with Crippen molar-refractivity contribution in [3.8, 4) is 5.75 Å². The first kappa shape index (κ1) is 17.5. The van der Waals surface area contributed by atoms with E-state index in [1.165, 1.54) is 0 Å². The summed E-state index contributed by atoms with van der Waals surface area (Å²) in [5, 5.41) is 2.96. The van der Waals surface area contributed by atoms with Crippen molar-refractivity contribution >= 4 is 15.7 Å². The molecule has 1 N–H and O–H groups in total. The van der Waals surface area contributed by atoms with Crippen molar-refractivity contribution in [1.82, 2.24) is 14.9 Å². The van der Waals surface area contributed by atoms with Crippen molar-refractivity contribution < 1.29 is 17.9 Å². The molecule has 1 amide bonds. The molecule has 1 fully saturated rings. The van der Waals surface area contributed by atoms with Gasteiger partial charge in [-0.3, -0.25) is 4.79 Å². The second kappa shape index (κ2) is 6.87. The van der Waals surface area contributed by atoms with E-state index in [2.05, 4.69) is 10.3 Å². The van der Waals surface area contributed by atoms with Crippen molar-refractivity contribution in [1.29, 1.82) is 0 Å². The Kier molecular flexibility index (Phi) is 4.80. The molecular weight excluding hydrogens is 342 g/mol. The molecule has 2 heterocycles. The number of methoxy groups -OCH3 is 1. The maximum atomic E-state index is 12.7. The minimum atomic E-state index is -3.12. The molecule has 8 heteroatoms. The second-order valence-electron chi connectivity index (χ2n) is 6.18. The first-order valence-electron chi connectivity index (χ1n) is 8.02. The van der Waals surface area contributed by atoms with E-state index in [0.29, 0.717) is 18.0 Å². The number of rotatable bonds is 5. The number of imidazole rings is 1. The summed E-state index contributed by atoms with van der Waals surface area (Å²) in [6.45, 7) is 0. The van der Waals surface area contributed by atoms with Gasteiger partial charge >= 0.3 is 0 Å². The number of para-hydroxylation sites is 1. The molecule has 1 aromatic heterocycles. The smallest absolute Gasteiger partial charge is 0.225 e. The highest BCUT2D eigenvalue weighted by molar-refractivity contribution is 7.91. The largest absolute Gasteiger partial charge is 0.496 e. The van der Waals surface area contributed by atoms with E-state index in [4.69, 9.17) is 4.74 Å². The van der Waals surface area contributed by atoms with E-state index >= 15 is 0 Å². The van der Waals surface area contributed by atoms with Crippen molar-refractivity contribution in [2.75, 3.05) is 18.6 Å². The lowest BCUT2D eigenvalue weighted by atomic mass is 10.0. The zero-order valence-corrected chi connectivity index (χ0v) is 15.0. The maximum Gasteiger partial charge on any atom is 0.225 e. The number of aromatic nitrogens is 2. The molecular formula is C17H21N3O4S. The number of ether oxygens (including phenoxy) is 1.